The lowest BCUT2D eigenvalue weighted by Crippen LogP contribution is -2.27. The van der Waals surface area contributed by atoms with Gasteiger partial charge in [-0.2, -0.15) is 0 Å². The summed E-state index contributed by atoms with van der Waals surface area (Å²) in [6, 6.07) is 0. The van der Waals surface area contributed by atoms with E-state index >= 15 is 0 Å². The molecule has 0 saturated heterocycles. The molecule has 1 rings (SSSR count). The molecule has 0 aliphatic heterocycles. The van der Waals surface area contributed by atoms with E-state index in [0.717, 1.165) is 11.3 Å². The summed E-state index contributed by atoms with van der Waals surface area (Å²) in [7, 11) is 1.64. The van der Waals surface area contributed by atoms with Gasteiger partial charge in [-0.25, -0.2) is 4.98 Å². The molecule has 0 aliphatic carbocycles. The Bertz CT molecular complexity index is 430. The van der Waals surface area contributed by atoms with Crippen LogP contribution in [0.2, 0.25) is 0 Å². The van der Waals surface area contributed by atoms with Gasteiger partial charge in [-0.1, -0.05) is 11.3 Å². The van der Waals surface area contributed by atoms with Gasteiger partial charge in [0.25, 0.3) is 5.91 Å². The van der Waals surface area contributed by atoms with Gasteiger partial charge in [-0.3, -0.25) is 9.59 Å². The number of rotatable bonds is 5. The number of aromatic nitrogens is 1. The van der Waals surface area contributed by atoms with E-state index in [1.54, 1.807) is 14.0 Å². The lowest BCUT2D eigenvalue weighted by Gasteiger charge is -2.15. The second-order valence-corrected chi connectivity index (χ2v) is 4.72. The second kappa shape index (κ2) is 5.62. The maximum Gasteiger partial charge on any atom is 0.303 e. The number of amides is 1. The summed E-state index contributed by atoms with van der Waals surface area (Å²) < 4.78 is 0. The number of anilines is 1. The molecule has 0 saturated carbocycles. The molecule has 1 aromatic rings. The van der Waals surface area contributed by atoms with Gasteiger partial charge < -0.3 is 15.7 Å². The van der Waals surface area contributed by atoms with Crippen molar-refractivity contribution in [3.8, 4) is 0 Å². The van der Waals surface area contributed by atoms with Gasteiger partial charge in [0.15, 0.2) is 5.13 Å². The van der Waals surface area contributed by atoms with E-state index < -0.39 is 5.97 Å². The third-order valence-electron chi connectivity index (χ3n) is 2.24. The Morgan fingerprint density at radius 1 is 1.53 bits per heavy atom. The van der Waals surface area contributed by atoms with Crippen LogP contribution in [0.1, 0.15) is 28.2 Å². The van der Waals surface area contributed by atoms with E-state index in [-0.39, 0.29) is 12.3 Å². The Labute approximate surface area is 103 Å². The SMILES string of the molecule is Cc1nc(N)sc1C(=O)N(C)CCCC(=O)O. The van der Waals surface area contributed by atoms with Crippen LogP contribution in [0.25, 0.3) is 0 Å². The molecule has 94 valence electrons. The monoisotopic (exact) mass is 257 g/mol. The zero-order valence-electron chi connectivity index (χ0n) is 9.77. The van der Waals surface area contributed by atoms with Crippen molar-refractivity contribution in [1.29, 1.82) is 0 Å². The van der Waals surface area contributed by atoms with E-state index in [0.29, 0.717) is 28.7 Å². The predicted molar refractivity (Wildman–Crippen MR) is 65.1 cm³/mol. The van der Waals surface area contributed by atoms with Crippen molar-refractivity contribution >= 4 is 28.3 Å². The highest BCUT2D eigenvalue weighted by molar-refractivity contribution is 7.17. The zero-order valence-corrected chi connectivity index (χ0v) is 10.6. The molecular formula is C10H15N3O3S. The summed E-state index contributed by atoms with van der Waals surface area (Å²) in [4.78, 5) is 28.3. The van der Waals surface area contributed by atoms with Crippen LogP contribution in [0, 0.1) is 6.92 Å². The highest BCUT2D eigenvalue weighted by atomic mass is 32.1. The summed E-state index contributed by atoms with van der Waals surface area (Å²) in [6.07, 6.45) is 0.492. The zero-order chi connectivity index (χ0) is 13.0. The number of carboxylic acids is 1. The van der Waals surface area contributed by atoms with Crippen LogP contribution < -0.4 is 5.73 Å². The first-order valence-corrected chi connectivity index (χ1v) is 5.93. The maximum atomic E-state index is 11.9. The van der Waals surface area contributed by atoms with Crippen LogP contribution >= 0.6 is 11.3 Å². The van der Waals surface area contributed by atoms with Crippen molar-refractivity contribution < 1.29 is 14.7 Å². The molecule has 0 spiro atoms. The molecule has 0 aliphatic rings. The van der Waals surface area contributed by atoms with E-state index in [4.69, 9.17) is 10.8 Å². The summed E-state index contributed by atoms with van der Waals surface area (Å²) in [6.45, 7) is 2.13. The summed E-state index contributed by atoms with van der Waals surface area (Å²) in [5, 5.41) is 8.87. The van der Waals surface area contributed by atoms with Crippen LogP contribution in [-0.4, -0.2) is 40.5 Å². The van der Waals surface area contributed by atoms with Gasteiger partial charge in [0, 0.05) is 20.0 Å². The molecule has 0 radical (unpaired) electrons. The molecular weight excluding hydrogens is 242 g/mol. The number of hydrogen-bond acceptors (Lipinski definition) is 5. The van der Waals surface area contributed by atoms with Crippen molar-refractivity contribution in [2.24, 2.45) is 0 Å². The number of aliphatic carboxylic acids is 1. The molecule has 0 unspecified atom stereocenters. The van der Waals surface area contributed by atoms with Gasteiger partial charge in [0.2, 0.25) is 0 Å². The topological polar surface area (TPSA) is 96.5 Å². The van der Waals surface area contributed by atoms with Gasteiger partial charge in [-0.05, 0) is 13.3 Å². The van der Waals surface area contributed by atoms with E-state index in [1.165, 1.54) is 4.90 Å². The Morgan fingerprint density at radius 3 is 2.65 bits per heavy atom. The molecule has 1 aromatic heterocycles. The fourth-order valence-corrected chi connectivity index (χ4v) is 2.19. The molecule has 0 atom stereocenters. The van der Waals surface area contributed by atoms with Crippen LogP contribution in [0.15, 0.2) is 0 Å². The van der Waals surface area contributed by atoms with Crippen molar-refractivity contribution in [2.75, 3.05) is 19.3 Å². The fourth-order valence-electron chi connectivity index (χ4n) is 1.36. The van der Waals surface area contributed by atoms with E-state index in [1.807, 2.05) is 0 Å². The minimum absolute atomic E-state index is 0.0570. The Kier molecular flexibility index (Phi) is 4.45. The third-order valence-corrected chi connectivity index (χ3v) is 3.21. The normalized spacial score (nSPS) is 10.2. The van der Waals surface area contributed by atoms with Gasteiger partial charge in [0.1, 0.15) is 4.88 Å². The molecule has 7 heteroatoms. The van der Waals surface area contributed by atoms with E-state index in [2.05, 4.69) is 4.98 Å². The van der Waals surface area contributed by atoms with Crippen molar-refractivity contribution in [3.05, 3.63) is 10.6 Å². The Balaban J connectivity index is 2.57. The van der Waals surface area contributed by atoms with Crippen LogP contribution in [0.3, 0.4) is 0 Å². The lowest BCUT2D eigenvalue weighted by molar-refractivity contribution is -0.137. The average Bonchev–Trinajstić information content (AvgIpc) is 2.56. The number of carboxylic acid groups (broad SMARTS) is 1. The Hall–Kier alpha value is -1.63. The van der Waals surface area contributed by atoms with Gasteiger partial charge >= 0.3 is 5.97 Å². The number of nitrogens with two attached hydrogens (primary N) is 1. The van der Waals surface area contributed by atoms with Crippen molar-refractivity contribution in [1.82, 2.24) is 9.88 Å². The number of carbonyl (C=O) groups is 2. The quantitative estimate of drug-likeness (QED) is 0.819. The highest BCUT2D eigenvalue weighted by Gasteiger charge is 2.18. The first-order valence-electron chi connectivity index (χ1n) is 5.12. The maximum absolute atomic E-state index is 11.9. The molecule has 6 nitrogen and oxygen atoms in total. The smallest absolute Gasteiger partial charge is 0.303 e. The van der Waals surface area contributed by atoms with Gasteiger partial charge in [0.05, 0.1) is 5.69 Å². The minimum Gasteiger partial charge on any atom is -0.481 e. The number of aryl methyl sites for hydroxylation is 1. The number of nitrogens with zero attached hydrogens (tertiary/aromatic N) is 2. The number of thiazole rings is 1. The predicted octanol–water partition coefficient (Wildman–Crippen LogP) is 0.971. The molecule has 0 aromatic carbocycles. The molecule has 0 bridgehead atoms. The molecule has 17 heavy (non-hydrogen) atoms. The van der Waals surface area contributed by atoms with Gasteiger partial charge in [-0.15, -0.1) is 0 Å². The van der Waals surface area contributed by atoms with Crippen LogP contribution in [-0.2, 0) is 4.79 Å². The van der Waals surface area contributed by atoms with Crippen LogP contribution in [0.4, 0.5) is 5.13 Å². The number of carbonyl (C=O) groups excluding carboxylic acids is 1. The first kappa shape index (κ1) is 13.4. The van der Waals surface area contributed by atoms with Crippen molar-refractivity contribution in [2.45, 2.75) is 19.8 Å². The highest BCUT2D eigenvalue weighted by Crippen LogP contribution is 2.21. The molecule has 3 N–H and O–H groups in total. The fraction of sp³-hybridized carbons (Fsp3) is 0.500. The third kappa shape index (κ3) is 3.70. The summed E-state index contributed by atoms with van der Waals surface area (Å²) in [5.74, 6) is -1.02. The summed E-state index contributed by atoms with van der Waals surface area (Å²) >= 11 is 1.15. The lowest BCUT2D eigenvalue weighted by atomic mass is 10.3. The molecule has 1 amide bonds. The average molecular weight is 257 g/mol. The molecule has 0 fully saturated rings. The largest absolute Gasteiger partial charge is 0.481 e. The molecule has 1 heterocycles. The standard InChI is InChI=1S/C10H15N3O3S/c1-6-8(17-10(11)12-6)9(16)13(2)5-3-4-7(14)15/h3-5H2,1-2H3,(H2,11,12)(H,14,15). The minimum atomic E-state index is -0.857. The Morgan fingerprint density at radius 2 is 2.18 bits per heavy atom. The number of nitrogen functional groups attached to an aromatic ring is 1. The van der Waals surface area contributed by atoms with Crippen molar-refractivity contribution in [3.63, 3.8) is 0 Å². The second-order valence-electron chi connectivity index (χ2n) is 3.69. The number of hydrogen-bond donors (Lipinski definition) is 2. The summed E-state index contributed by atoms with van der Waals surface area (Å²) in [5.41, 5.74) is 6.13. The first-order chi connectivity index (χ1) is 7.91. The van der Waals surface area contributed by atoms with E-state index in [9.17, 15) is 9.59 Å². The van der Waals surface area contributed by atoms with Crippen LogP contribution in [0.5, 0.6) is 0 Å².